The van der Waals surface area contributed by atoms with Gasteiger partial charge in [-0.15, -0.1) is 0 Å². The molecule has 0 radical (unpaired) electrons. The summed E-state index contributed by atoms with van der Waals surface area (Å²) in [4.78, 5) is 2.32. The van der Waals surface area contributed by atoms with Crippen molar-refractivity contribution in [3.63, 3.8) is 0 Å². The second-order valence-corrected chi connectivity index (χ2v) is 9.43. The van der Waals surface area contributed by atoms with E-state index in [2.05, 4.69) is 25.7 Å². The molecule has 1 N–H and O–H groups in total. The summed E-state index contributed by atoms with van der Waals surface area (Å²) in [5.74, 6) is 0. The van der Waals surface area contributed by atoms with Crippen LogP contribution in [0.3, 0.4) is 0 Å². The van der Waals surface area contributed by atoms with Gasteiger partial charge in [-0.25, -0.2) is 0 Å². The first kappa shape index (κ1) is 25.9. The zero-order valence-corrected chi connectivity index (χ0v) is 18.5. The van der Waals surface area contributed by atoms with Gasteiger partial charge in [-0.3, -0.25) is 4.55 Å². The highest BCUT2D eigenvalue weighted by Crippen LogP contribution is 2.17. The molecule has 26 heavy (non-hydrogen) atoms. The van der Waals surface area contributed by atoms with Crippen molar-refractivity contribution in [1.29, 1.82) is 0 Å². The van der Waals surface area contributed by atoms with Crippen LogP contribution in [0.5, 0.6) is 0 Å². The van der Waals surface area contributed by atoms with Crippen LogP contribution in [0.4, 0.5) is 0 Å². The van der Waals surface area contributed by atoms with Crippen molar-refractivity contribution in [3.8, 4) is 0 Å². The van der Waals surface area contributed by atoms with E-state index in [1.807, 2.05) is 0 Å². The minimum absolute atomic E-state index is 0.552. The maximum absolute atomic E-state index is 11.7. The zero-order chi connectivity index (χ0) is 19.7. The van der Waals surface area contributed by atoms with Gasteiger partial charge >= 0.3 is 0 Å². The predicted octanol–water partition coefficient (Wildman–Crippen LogP) is 6.07. The quantitative estimate of drug-likeness (QED) is 0.214. The Kier molecular flexibility index (Phi) is 16.9. The molecule has 0 amide bonds. The maximum Gasteiger partial charge on any atom is 0.267 e. The summed E-state index contributed by atoms with van der Waals surface area (Å²) in [6.07, 6.45) is 15.7. The van der Waals surface area contributed by atoms with Gasteiger partial charge in [0.15, 0.2) is 0 Å². The average Bonchev–Trinajstić information content (AvgIpc) is 2.58. The van der Waals surface area contributed by atoms with Crippen molar-refractivity contribution in [2.24, 2.45) is 0 Å². The number of rotatable bonds is 19. The lowest BCUT2D eigenvalue weighted by Crippen LogP contribution is -2.31. The van der Waals surface area contributed by atoms with Gasteiger partial charge in [0, 0.05) is 0 Å². The van der Waals surface area contributed by atoms with Crippen molar-refractivity contribution in [2.75, 3.05) is 19.6 Å². The first-order valence-electron chi connectivity index (χ1n) is 11.1. The SMILES string of the molecule is CCCCCCCCCCCCC(CCN(CCC)CCC)S(=O)(=O)O. The van der Waals surface area contributed by atoms with E-state index < -0.39 is 15.4 Å². The van der Waals surface area contributed by atoms with Crippen LogP contribution < -0.4 is 0 Å². The van der Waals surface area contributed by atoms with Gasteiger partial charge in [0.05, 0.1) is 5.25 Å². The fourth-order valence-corrected chi connectivity index (χ4v) is 4.46. The van der Waals surface area contributed by atoms with E-state index in [9.17, 15) is 13.0 Å². The molecule has 0 fully saturated rings. The molecule has 158 valence electrons. The predicted molar refractivity (Wildman–Crippen MR) is 113 cm³/mol. The molecule has 0 bridgehead atoms. The van der Waals surface area contributed by atoms with Crippen LogP contribution in [0.25, 0.3) is 0 Å². The Morgan fingerprint density at radius 2 is 1.12 bits per heavy atom. The van der Waals surface area contributed by atoms with E-state index in [0.717, 1.165) is 45.3 Å². The molecule has 0 saturated heterocycles. The Hall–Kier alpha value is -0.130. The summed E-state index contributed by atoms with van der Waals surface area (Å²) < 4.78 is 32.9. The van der Waals surface area contributed by atoms with Crippen molar-refractivity contribution in [2.45, 2.75) is 116 Å². The number of hydrogen-bond acceptors (Lipinski definition) is 3. The van der Waals surface area contributed by atoms with E-state index in [1.165, 1.54) is 51.4 Å². The van der Waals surface area contributed by atoms with Gasteiger partial charge < -0.3 is 4.90 Å². The molecule has 1 atom stereocenters. The highest BCUT2D eigenvalue weighted by Gasteiger charge is 2.23. The van der Waals surface area contributed by atoms with Crippen LogP contribution in [-0.4, -0.2) is 42.8 Å². The molecule has 5 heteroatoms. The van der Waals surface area contributed by atoms with Crippen LogP contribution in [0.1, 0.15) is 111 Å². The van der Waals surface area contributed by atoms with E-state index in [4.69, 9.17) is 0 Å². The van der Waals surface area contributed by atoms with Gasteiger partial charge in [-0.2, -0.15) is 8.42 Å². The average molecular weight is 392 g/mol. The summed E-state index contributed by atoms with van der Waals surface area (Å²) in [6.45, 7) is 9.31. The Labute approximate surface area is 163 Å². The summed E-state index contributed by atoms with van der Waals surface area (Å²) in [7, 11) is -3.93. The molecule has 1 unspecified atom stereocenters. The van der Waals surface area contributed by atoms with E-state index in [0.29, 0.717) is 12.8 Å². The Morgan fingerprint density at radius 3 is 1.54 bits per heavy atom. The first-order chi connectivity index (χ1) is 12.5. The Morgan fingerprint density at radius 1 is 0.654 bits per heavy atom. The standard InChI is InChI=1S/C21H45NO3S/c1-4-7-8-9-10-11-12-13-14-15-16-21(26(23,24)25)17-20-22(18-5-2)19-6-3/h21H,4-20H2,1-3H3,(H,23,24,25). The molecular weight excluding hydrogens is 346 g/mol. The third-order valence-electron chi connectivity index (χ3n) is 5.15. The summed E-state index contributed by atoms with van der Waals surface area (Å²) in [6, 6.07) is 0. The van der Waals surface area contributed by atoms with E-state index >= 15 is 0 Å². The lowest BCUT2D eigenvalue weighted by Gasteiger charge is -2.23. The van der Waals surface area contributed by atoms with Gasteiger partial charge in [-0.05, 0) is 45.3 Å². The van der Waals surface area contributed by atoms with Crippen LogP contribution in [0, 0.1) is 0 Å². The minimum Gasteiger partial charge on any atom is -0.303 e. The van der Waals surface area contributed by atoms with Gasteiger partial charge in [0.25, 0.3) is 10.1 Å². The second kappa shape index (κ2) is 17.0. The smallest absolute Gasteiger partial charge is 0.267 e. The van der Waals surface area contributed by atoms with Crippen LogP contribution in [0.2, 0.25) is 0 Å². The molecule has 0 aliphatic rings. The lowest BCUT2D eigenvalue weighted by molar-refractivity contribution is 0.266. The fraction of sp³-hybridized carbons (Fsp3) is 1.00. The Bertz CT molecular complexity index is 392. The summed E-state index contributed by atoms with van der Waals surface area (Å²) in [5.41, 5.74) is 0. The van der Waals surface area contributed by atoms with Crippen molar-refractivity contribution >= 4 is 10.1 Å². The highest BCUT2D eigenvalue weighted by molar-refractivity contribution is 7.86. The van der Waals surface area contributed by atoms with Crippen molar-refractivity contribution in [1.82, 2.24) is 4.90 Å². The van der Waals surface area contributed by atoms with E-state index in [1.54, 1.807) is 0 Å². The minimum atomic E-state index is -3.93. The van der Waals surface area contributed by atoms with Gasteiger partial charge in [0.1, 0.15) is 0 Å². The monoisotopic (exact) mass is 391 g/mol. The second-order valence-electron chi connectivity index (χ2n) is 7.74. The van der Waals surface area contributed by atoms with Crippen LogP contribution in [0.15, 0.2) is 0 Å². The number of unbranched alkanes of at least 4 members (excludes halogenated alkanes) is 9. The molecule has 0 saturated carbocycles. The largest absolute Gasteiger partial charge is 0.303 e. The third kappa shape index (κ3) is 15.0. The van der Waals surface area contributed by atoms with Crippen LogP contribution >= 0.6 is 0 Å². The highest BCUT2D eigenvalue weighted by atomic mass is 32.2. The normalized spacial score (nSPS) is 13.4. The molecule has 0 heterocycles. The van der Waals surface area contributed by atoms with Crippen molar-refractivity contribution < 1.29 is 13.0 Å². The topological polar surface area (TPSA) is 57.6 Å². The van der Waals surface area contributed by atoms with E-state index in [-0.39, 0.29) is 0 Å². The van der Waals surface area contributed by atoms with Crippen molar-refractivity contribution in [3.05, 3.63) is 0 Å². The Balaban J connectivity index is 3.95. The lowest BCUT2D eigenvalue weighted by atomic mass is 10.0. The van der Waals surface area contributed by atoms with Crippen LogP contribution in [-0.2, 0) is 10.1 Å². The molecule has 0 aromatic carbocycles. The summed E-state index contributed by atoms with van der Waals surface area (Å²) in [5, 5.41) is -0.590. The number of hydrogen-bond donors (Lipinski definition) is 1. The maximum atomic E-state index is 11.7. The zero-order valence-electron chi connectivity index (χ0n) is 17.7. The third-order valence-corrected chi connectivity index (χ3v) is 6.46. The molecule has 4 nitrogen and oxygen atoms in total. The molecular formula is C21H45NO3S. The molecule has 0 aromatic heterocycles. The summed E-state index contributed by atoms with van der Waals surface area (Å²) >= 11 is 0. The first-order valence-corrected chi connectivity index (χ1v) is 12.6. The molecule has 0 rings (SSSR count). The number of nitrogens with zero attached hydrogens (tertiary/aromatic N) is 1. The molecule has 0 aliphatic heterocycles. The molecule has 0 spiro atoms. The van der Waals surface area contributed by atoms with Gasteiger partial charge in [0.2, 0.25) is 0 Å². The van der Waals surface area contributed by atoms with Gasteiger partial charge in [-0.1, -0.05) is 85.0 Å². The fourth-order valence-electron chi connectivity index (χ4n) is 3.60. The molecule has 0 aromatic rings. The molecule has 0 aliphatic carbocycles.